The Hall–Kier alpha value is -1.78. The molecule has 0 atom stereocenters. The predicted molar refractivity (Wildman–Crippen MR) is 80.0 cm³/mol. The average molecular weight is 291 g/mol. The number of methoxy groups -OCH3 is 1. The van der Waals surface area contributed by atoms with E-state index in [0.717, 1.165) is 22.5 Å². The fourth-order valence-corrected chi connectivity index (χ4v) is 2.62. The molecule has 0 aliphatic carbocycles. The first-order valence-electron chi connectivity index (χ1n) is 5.74. The normalized spacial score (nSPS) is 10.8. The van der Waals surface area contributed by atoms with E-state index in [9.17, 15) is 0 Å². The van der Waals surface area contributed by atoms with E-state index >= 15 is 0 Å². The molecule has 0 bridgehead atoms. The summed E-state index contributed by atoms with van der Waals surface area (Å²) in [5.74, 6) is 0.788. The minimum atomic E-state index is 0.608. The Bertz CT molecular complexity index is 807. The maximum Gasteiger partial charge on any atom is 0.182 e. The Kier molecular flexibility index (Phi) is 3.05. The summed E-state index contributed by atoms with van der Waals surface area (Å²) in [5.41, 5.74) is 2.74. The summed E-state index contributed by atoms with van der Waals surface area (Å²) >= 11 is 11.6. The van der Waals surface area contributed by atoms with Crippen LogP contribution in [0.5, 0.6) is 5.75 Å². The van der Waals surface area contributed by atoms with E-state index in [0.29, 0.717) is 9.79 Å². The molecular formula is C14H11ClN2OS. The van der Waals surface area contributed by atoms with Crippen molar-refractivity contribution >= 4 is 34.9 Å². The molecule has 2 aromatic carbocycles. The number of fused-ring (bicyclic) bond motifs is 1. The van der Waals surface area contributed by atoms with Crippen LogP contribution in [0.4, 0.5) is 0 Å². The Morgan fingerprint density at radius 2 is 2.00 bits per heavy atom. The number of H-pyrrole nitrogens is 1. The molecule has 0 fully saturated rings. The lowest BCUT2D eigenvalue weighted by atomic mass is 10.2. The fraction of sp³-hybridized carbons (Fsp3) is 0.0714. The SMILES string of the molecule is COc1cccc(-n2c(=S)[nH]c3c(Cl)cccc32)c1. The second-order valence-electron chi connectivity index (χ2n) is 4.10. The van der Waals surface area contributed by atoms with Gasteiger partial charge in [0.15, 0.2) is 4.77 Å². The summed E-state index contributed by atoms with van der Waals surface area (Å²) in [4.78, 5) is 3.14. The quantitative estimate of drug-likeness (QED) is 0.711. The summed E-state index contributed by atoms with van der Waals surface area (Å²) in [6.07, 6.45) is 0. The van der Waals surface area contributed by atoms with Crippen LogP contribution in [0.2, 0.25) is 5.02 Å². The maximum absolute atomic E-state index is 6.17. The lowest BCUT2D eigenvalue weighted by Crippen LogP contribution is -1.94. The van der Waals surface area contributed by atoms with Crippen molar-refractivity contribution in [2.75, 3.05) is 7.11 Å². The first-order valence-corrected chi connectivity index (χ1v) is 6.53. The first-order chi connectivity index (χ1) is 9.20. The van der Waals surface area contributed by atoms with Crippen molar-refractivity contribution in [3.8, 4) is 11.4 Å². The van der Waals surface area contributed by atoms with E-state index in [2.05, 4.69) is 4.98 Å². The summed E-state index contributed by atoms with van der Waals surface area (Å²) in [7, 11) is 1.64. The zero-order chi connectivity index (χ0) is 13.4. The van der Waals surface area contributed by atoms with Gasteiger partial charge in [-0.25, -0.2) is 0 Å². The van der Waals surface area contributed by atoms with Crippen LogP contribution in [0.25, 0.3) is 16.7 Å². The number of aromatic amines is 1. The minimum Gasteiger partial charge on any atom is -0.497 e. The van der Waals surface area contributed by atoms with Crippen molar-refractivity contribution in [1.82, 2.24) is 9.55 Å². The van der Waals surface area contributed by atoms with Gasteiger partial charge in [0.25, 0.3) is 0 Å². The van der Waals surface area contributed by atoms with Crippen molar-refractivity contribution in [2.45, 2.75) is 0 Å². The van der Waals surface area contributed by atoms with Gasteiger partial charge in [0, 0.05) is 6.07 Å². The zero-order valence-corrected chi connectivity index (χ0v) is 11.8. The van der Waals surface area contributed by atoms with Gasteiger partial charge < -0.3 is 9.72 Å². The van der Waals surface area contributed by atoms with Crippen molar-refractivity contribution < 1.29 is 4.74 Å². The standard InChI is InChI=1S/C14H11ClN2OS/c1-18-10-5-2-4-9(8-10)17-12-7-3-6-11(15)13(12)16-14(17)19/h2-8H,1H3,(H,16,19). The van der Waals surface area contributed by atoms with E-state index in [1.165, 1.54) is 0 Å². The summed E-state index contributed by atoms with van der Waals surface area (Å²) in [5, 5.41) is 0.658. The van der Waals surface area contributed by atoms with E-state index in [1.807, 2.05) is 47.0 Å². The van der Waals surface area contributed by atoms with Gasteiger partial charge in [0.2, 0.25) is 0 Å². The molecule has 3 aromatic rings. The van der Waals surface area contributed by atoms with Crippen LogP contribution in [-0.2, 0) is 0 Å². The van der Waals surface area contributed by atoms with Crippen LogP contribution in [0.15, 0.2) is 42.5 Å². The number of aromatic nitrogens is 2. The van der Waals surface area contributed by atoms with Crippen LogP contribution < -0.4 is 4.74 Å². The number of halogens is 1. The largest absolute Gasteiger partial charge is 0.497 e. The molecule has 0 saturated heterocycles. The van der Waals surface area contributed by atoms with Crippen LogP contribution in [0.3, 0.4) is 0 Å². The average Bonchev–Trinajstić information content (AvgIpc) is 2.77. The van der Waals surface area contributed by atoms with E-state index in [1.54, 1.807) is 7.11 Å². The van der Waals surface area contributed by atoms with Gasteiger partial charge in [-0.1, -0.05) is 23.7 Å². The first kappa shape index (κ1) is 12.3. The number of hydrogen-bond donors (Lipinski definition) is 1. The number of hydrogen-bond acceptors (Lipinski definition) is 2. The monoisotopic (exact) mass is 290 g/mol. The van der Waals surface area contributed by atoms with Gasteiger partial charge >= 0.3 is 0 Å². The molecule has 96 valence electrons. The molecule has 0 saturated carbocycles. The highest BCUT2D eigenvalue weighted by Crippen LogP contribution is 2.26. The number of ether oxygens (including phenoxy) is 1. The van der Waals surface area contributed by atoms with E-state index < -0.39 is 0 Å². The van der Waals surface area contributed by atoms with Crippen molar-refractivity contribution in [1.29, 1.82) is 0 Å². The molecule has 0 spiro atoms. The van der Waals surface area contributed by atoms with Crippen LogP contribution >= 0.6 is 23.8 Å². The van der Waals surface area contributed by atoms with Crippen LogP contribution in [-0.4, -0.2) is 16.7 Å². The smallest absolute Gasteiger partial charge is 0.182 e. The third-order valence-electron chi connectivity index (χ3n) is 2.98. The lowest BCUT2D eigenvalue weighted by Gasteiger charge is -2.06. The molecule has 3 nitrogen and oxygen atoms in total. The molecule has 0 aliphatic rings. The van der Waals surface area contributed by atoms with Crippen LogP contribution in [0.1, 0.15) is 0 Å². The summed E-state index contributed by atoms with van der Waals surface area (Å²) < 4.78 is 7.80. The zero-order valence-electron chi connectivity index (χ0n) is 10.2. The van der Waals surface area contributed by atoms with Gasteiger partial charge in [-0.15, -0.1) is 0 Å². The Morgan fingerprint density at radius 1 is 1.21 bits per heavy atom. The van der Waals surface area contributed by atoms with Gasteiger partial charge in [0.05, 0.1) is 28.9 Å². The third-order valence-corrected chi connectivity index (χ3v) is 3.58. The minimum absolute atomic E-state index is 0.608. The Labute approximate surface area is 120 Å². The number of rotatable bonds is 2. The van der Waals surface area contributed by atoms with Gasteiger partial charge in [0.1, 0.15) is 5.75 Å². The second kappa shape index (κ2) is 4.72. The Balaban J connectivity index is 2.33. The molecule has 1 N–H and O–H groups in total. The number of para-hydroxylation sites is 1. The highest BCUT2D eigenvalue weighted by atomic mass is 35.5. The number of nitrogens with zero attached hydrogens (tertiary/aromatic N) is 1. The molecular weight excluding hydrogens is 280 g/mol. The predicted octanol–water partition coefficient (Wildman–Crippen LogP) is 4.35. The summed E-state index contributed by atoms with van der Waals surface area (Å²) in [6, 6.07) is 13.5. The highest BCUT2D eigenvalue weighted by Gasteiger charge is 2.09. The second-order valence-corrected chi connectivity index (χ2v) is 4.89. The highest BCUT2D eigenvalue weighted by molar-refractivity contribution is 7.71. The molecule has 0 aliphatic heterocycles. The third kappa shape index (κ3) is 2.03. The van der Waals surface area contributed by atoms with Crippen LogP contribution in [0, 0.1) is 4.77 Å². The maximum atomic E-state index is 6.17. The number of imidazole rings is 1. The molecule has 0 amide bonds. The number of benzene rings is 2. The molecule has 0 unspecified atom stereocenters. The fourth-order valence-electron chi connectivity index (χ4n) is 2.10. The molecule has 1 heterocycles. The molecule has 5 heteroatoms. The van der Waals surface area contributed by atoms with Gasteiger partial charge in [-0.2, -0.15) is 0 Å². The summed E-state index contributed by atoms with van der Waals surface area (Å²) in [6.45, 7) is 0. The lowest BCUT2D eigenvalue weighted by molar-refractivity contribution is 0.414. The van der Waals surface area contributed by atoms with Crippen molar-refractivity contribution in [3.05, 3.63) is 52.3 Å². The molecule has 0 radical (unpaired) electrons. The van der Waals surface area contributed by atoms with Gasteiger partial charge in [-0.05, 0) is 36.5 Å². The topological polar surface area (TPSA) is 29.9 Å². The van der Waals surface area contributed by atoms with E-state index in [4.69, 9.17) is 28.6 Å². The Morgan fingerprint density at radius 3 is 2.79 bits per heavy atom. The number of nitrogens with one attached hydrogen (secondary N) is 1. The molecule has 19 heavy (non-hydrogen) atoms. The van der Waals surface area contributed by atoms with Crippen molar-refractivity contribution in [2.24, 2.45) is 0 Å². The van der Waals surface area contributed by atoms with E-state index in [-0.39, 0.29) is 0 Å². The molecule has 3 rings (SSSR count). The van der Waals surface area contributed by atoms with Gasteiger partial charge in [-0.3, -0.25) is 4.57 Å². The molecule has 1 aromatic heterocycles. The van der Waals surface area contributed by atoms with Crippen molar-refractivity contribution in [3.63, 3.8) is 0 Å².